The van der Waals surface area contributed by atoms with Gasteiger partial charge >= 0.3 is 0 Å². The highest BCUT2D eigenvalue weighted by molar-refractivity contribution is 6.31. The summed E-state index contributed by atoms with van der Waals surface area (Å²) in [6.07, 6.45) is 3.70. The van der Waals surface area contributed by atoms with Crippen LogP contribution in [0.3, 0.4) is 0 Å². The second-order valence-corrected chi connectivity index (χ2v) is 13.9. The SMILES string of the molecule is CO[C@@H]1C[C@@H](NC(=O)[C@@H]2NC3(CCC(C)(C)CC3)C3(C(=O)Nc4cc(Cl)ccc43)[C@H]2c2ccnc(Cl)c2F)CO[C@@H]1CO. The second-order valence-electron chi connectivity index (χ2n) is 13.1. The van der Waals surface area contributed by atoms with Gasteiger partial charge in [0, 0.05) is 35.5 Å². The van der Waals surface area contributed by atoms with Crippen molar-refractivity contribution >= 4 is 40.7 Å². The number of pyridine rings is 1. The third-order valence-electron chi connectivity index (χ3n) is 10.2. The number of methoxy groups -OCH3 is 1. The van der Waals surface area contributed by atoms with Crippen LogP contribution in [0.4, 0.5) is 10.1 Å². The summed E-state index contributed by atoms with van der Waals surface area (Å²) in [4.78, 5) is 32.8. The lowest BCUT2D eigenvalue weighted by Gasteiger charge is -2.50. The van der Waals surface area contributed by atoms with E-state index in [2.05, 4.69) is 34.8 Å². The molecule has 4 N–H and O–H groups in total. The van der Waals surface area contributed by atoms with Gasteiger partial charge in [-0.1, -0.05) is 43.1 Å². The average Bonchev–Trinajstić information content (AvgIpc) is 3.44. The molecule has 0 radical (unpaired) electrons. The number of anilines is 1. The summed E-state index contributed by atoms with van der Waals surface area (Å²) in [5.74, 6) is -2.43. The number of amides is 2. The van der Waals surface area contributed by atoms with Crippen LogP contribution in [0.15, 0.2) is 30.5 Å². The highest BCUT2D eigenvalue weighted by atomic mass is 35.5. The van der Waals surface area contributed by atoms with E-state index in [0.29, 0.717) is 35.5 Å². The van der Waals surface area contributed by atoms with Gasteiger partial charge in [0.15, 0.2) is 11.0 Å². The molecule has 1 unspecified atom stereocenters. The number of nitrogens with one attached hydrogen (secondary N) is 3. The van der Waals surface area contributed by atoms with Crippen LogP contribution in [0.5, 0.6) is 0 Å². The number of fused-ring (bicyclic) bond motifs is 3. The summed E-state index contributed by atoms with van der Waals surface area (Å²) >= 11 is 12.6. The number of hydrogen-bond acceptors (Lipinski definition) is 7. The zero-order valence-corrected chi connectivity index (χ0v) is 25.9. The molecule has 4 aliphatic rings. The summed E-state index contributed by atoms with van der Waals surface area (Å²) in [6, 6.07) is 5.34. The molecule has 2 spiro atoms. The largest absolute Gasteiger partial charge is 0.394 e. The fourth-order valence-electron chi connectivity index (χ4n) is 7.98. The van der Waals surface area contributed by atoms with Crippen molar-refractivity contribution in [3.8, 4) is 0 Å². The van der Waals surface area contributed by atoms with E-state index < -0.39 is 47.0 Å². The highest BCUT2D eigenvalue weighted by Crippen LogP contribution is 2.64. The molecule has 43 heavy (non-hydrogen) atoms. The number of rotatable bonds is 5. The fraction of sp³-hybridized carbons (Fsp3) is 0.581. The molecule has 0 bridgehead atoms. The first-order chi connectivity index (χ1) is 20.5. The topological polar surface area (TPSA) is 122 Å². The van der Waals surface area contributed by atoms with Crippen molar-refractivity contribution in [1.29, 1.82) is 0 Å². The Balaban J connectivity index is 1.49. The number of carbonyl (C=O) groups is 2. The Bertz CT molecular complexity index is 1430. The molecule has 2 amide bonds. The number of nitrogens with zero attached hydrogens (tertiary/aromatic N) is 1. The lowest BCUT2D eigenvalue weighted by atomic mass is 9.53. The fourth-order valence-corrected chi connectivity index (χ4v) is 8.32. The number of hydrogen-bond donors (Lipinski definition) is 4. The highest BCUT2D eigenvalue weighted by Gasteiger charge is 2.73. The van der Waals surface area contributed by atoms with Crippen molar-refractivity contribution < 1.29 is 28.6 Å². The molecule has 12 heteroatoms. The number of aliphatic hydroxyl groups is 1. The lowest BCUT2D eigenvalue weighted by Crippen LogP contribution is -2.61. The Kier molecular flexibility index (Phi) is 8.01. The van der Waals surface area contributed by atoms with Gasteiger partial charge in [0.25, 0.3) is 0 Å². The molecule has 3 fully saturated rings. The van der Waals surface area contributed by atoms with Crippen molar-refractivity contribution in [1.82, 2.24) is 15.6 Å². The Morgan fingerprint density at radius 1 is 1.23 bits per heavy atom. The van der Waals surface area contributed by atoms with Gasteiger partial charge in [-0.3, -0.25) is 14.9 Å². The number of halogens is 3. The molecule has 1 aromatic heterocycles. The zero-order valence-electron chi connectivity index (χ0n) is 24.4. The molecule has 4 heterocycles. The predicted molar refractivity (Wildman–Crippen MR) is 160 cm³/mol. The van der Waals surface area contributed by atoms with Crippen molar-refractivity contribution in [3.05, 3.63) is 57.6 Å². The number of ether oxygens (including phenoxy) is 2. The van der Waals surface area contributed by atoms with E-state index in [1.165, 1.54) is 19.4 Å². The van der Waals surface area contributed by atoms with Crippen molar-refractivity contribution in [2.75, 3.05) is 25.6 Å². The van der Waals surface area contributed by atoms with Gasteiger partial charge in [-0.2, -0.15) is 0 Å². The molecule has 2 aromatic rings. The van der Waals surface area contributed by atoms with Crippen LogP contribution in [0.2, 0.25) is 10.2 Å². The first-order valence-electron chi connectivity index (χ1n) is 14.7. The average molecular weight is 636 g/mol. The summed E-state index contributed by atoms with van der Waals surface area (Å²) < 4.78 is 27.3. The number of carbonyl (C=O) groups excluding carboxylic acids is 2. The molecule has 2 saturated heterocycles. The summed E-state index contributed by atoms with van der Waals surface area (Å²) in [5, 5.41) is 19.6. The standard InChI is InChI=1S/C31H37Cl2FN4O5/c1-29(2)7-9-30(10-8-29)31(19-5-4-16(32)12-20(19)37-28(31)41)23(18-6-11-35-26(33)24(18)34)25(38-30)27(40)36-17-13-21(42-3)22(14-39)43-15-17/h4-6,11-12,17,21-23,25,38-39H,7-10,13-15H2,1-3H3,(H,36,40)(H,37,41)/t17-,21-,22-,23+,25-,31?/m1/s1. The Labute approximate surface area is 260 Å². The maximum absolute atomic E-state index is 16.0. The maximum Gasteiger partial charge on any atom is 0.238 e. The molecular weight excluding hydrogens is 598 g/mol. The molecular formula is C31H37Cl2FN4O5. The second kappa shape index (κ2) is 11.2. The first-order valence-corrected chi connectivity index (χ1v) is 15.5. The molecule has 9 nitrogen and oxygen atoms in total. The van der Waals surface area contributed by atoms with Crippen LogP contribution < -0.4 is 16.0 Å². The minimum atomic E-state index is -1.35. The van der Waals surface area contributed by atoms with E-state index in [9.17, 15) is 14.7 Å². The monoisotopic (exact) mass is 634 g/mol. The van der Waals surface area contributed by atoms with Crippen molar-refractivity contribution in [2.24, 2.45) is 5.41 Å². The smallest absolute Gasteiger partial charge is 0.238 e. The number of aromatic nitrogens is 1. The molecule has 6 atom stereocenters. The van der Waals surface area contributed by atoms with Gasteiger partial charge < -0.3 is 25.2 Å². The van der Waals surface area contributed by atoms with Crippen LogP contribution in [0.1, 0.15) is 63.0 Å². The molecule has 1 saturated carbocycles. The number of benzene rings is 1. The van der Waals surface area contributed by atoms with Gasteiger partial charge in [-0.05, 0) is 66.8 Å². The third kappa shape index (κ3) is 4.85. The van der Waals surface area contributed by atoms with Crippen LogP contribution >= 0.6 is 23.2 Å². The predicted octanol–water partition coefficient (Wildman–Crippen LogP) is 4.09. The first kappa shape index (κ1) is 30.7. The summed E-state index contributed by atoms with van der Waals surface area (Å²) in [7, 11) is 1.53. The van der Waals surface area contributed by atoms with E-state index >= 15 is 4.39 Å². The van der Waals surface area contributed by atoms with Gasteiger partial charge in [0.1, 0.15) is 11.5 Å². The quantitative estimate of drug-likeness (QED) is 0.366. The summed E-state index contributed by atoms with van der Waals surface area (Å²) in [6.45, 7) is 4.37. The van der Waals surface area contributed by atoms with Crippen molar-refractivity contribution in [3.63, 3.8) is 0 Å². The van der Waals surface area contributed by atoms with E-state index in [0.717, 1.165) is 12.8 Å². The van der Waals surface area contributed by atoms with E-state index in [-0.39, 0.29) is 41.2 Å². The van der Waals surface area contributed by atoms with Crippen LogP contribution in [-0.2, 0) is 24.5 Å². The van der Waals surface area contributed by atoms with Crippen LogP contribution in [-0.4, -0.2) is 72.1 Å². The zero-order chi connectivity index (χ0) is 30.7. The number of aliphatic hydroxyl groups excluding tert-OH is 1. The van der Waals surface area contributed by atoms with Gasteiger partial charge in [-0.15, -0.1) is 0 Å². The van der Waals surface area contributed by atoms with Crippen LogP contribution in [0.25, 0.3) is 0 Å². The van der Waals surface area contributed by atoms with E-state index in [4.69, 9.17) is 32.7 Å². The molecule has 232 valence electrons. The normalized spacial score (nSPS) is 32.5. The van der Waals surface area contributed by atoms with Gasteiger partial charge in [0.2, 0.25) is 11.8 Å². The molecule has 3 aliphatic heterocycles. The van der Waals surface area contributed by atoms with Crippen LogP contribution in [0, 0.1) is 11.2 Å². The Morgan fingerprint density at radius 3 is 2.67 bits per heavy atom. The van der Waals surface area contributed by atoms with Gasteiger partial charge in [-0.25, -0.2) is 9.37 Å². The van der Waals surface area contributed by atoms with E-state index in [1.54, 1.807) is 12.1 Å². The Hall–Kier alpha value is -2.34. The minimum Gasteiger partial charge on any atom is -0.394 e. The van der Waals surface area contributed by atoms with E-state index in [1.807, 2.05) is 6.07 Å². The lowest BCUT2D eigenvalue weighted by molar-refractivity contribution is -0.134. The summed E-state index contributed by atoms with van der Waals surface area (Å²) in [5.41, 5.74) is -0.827. The van der Waals surface area contributed by atoms with Gasteiger partial charge in [0.05, 0.1) is 31.4 Å². The Morgan fingerprint density at radius 2 is 1.98 bits per heavy atom. The minimum absolute atomic E-state index is 0.0327. The third-order valence-corrected chi connectivity index (χ3v) is 10.7. The van der Waals surface area contributed by atoms with Crippen molar-refractivity contribution in [2.45, 2.75) is 87.1 Å². The molecule has 1 aromatic carbocycles. The molecule has 1 aliphatic carbocycles. The molecule has 6 rings (SSSR count). The maximum atomic E-state index is 16.0.